The highest BCUT2D eigenvalue weighted by Crippen LogP contribution is 2.42. The van der Waals surface area contributed by atoms with Gasteiger partial charge in [-0.3, -0.25) is 9.59 Å². The van der Waals surface area contributed by atoms with Gasteiger partial charge in [-0.05, 0) is 41.5 Å². The molecule has 0 fully saturated rings. The van der Waals surface area contributed by atoms with Crippen LogP contribution in [0.15, 0.2) is 78.9 Å². The quantitative estimate of drug-likeness (QED) is 0.729. The first-order valence-corrected chi connectivity index (χ1v) is 9.46. The number of carbonyl (C=O) groups is 2. The number of ether oxygens (including phenoxy) is 1. The molecular formula is C24H22N2O3. The Morgan fingerprint density at radius 2 is 1.59 bits per heavy atom. The molecule has 29 heavy (non-hydrogen) atoms. The molecule has 5 heteroatoms. The van der Waals surface area contributed by atoms with Crippen LogP contribution in [0.1, 0.15) is 33.4 Å². The molecule has 0 bridgehead atoms. The smallest absolute Gasteiger partial charge is 0.254 e. The molecule has 1 N–H and O–H groups in total. The number of benzene rings is 3. The van der Waals surface area contributed by atoms with E-state index in [4.69, 9.17) is 4.74 Å². The summed E-state index contributed by atoms with van der Waals surface area (Å²) in [6.07, 6.45) is 0. The van der Waals surface area contributed by atoms with Crippen molar-refractivity contribution >= 4 is 17.5 Å². The maximum atomic E-state index is 13.4. The van der Waals surface area contributed by atoms with Gasteiger partial charge in [-0.2, -0.15) is 0 Å². The van der Waals surface area contributed by atoms with Crippen molar-refractivity contribution in [2.75, 3.05) is 19.5 Å². The third-order valence-electron chi connectivity index (χ3n) is 5.36. The van der Waals surface area contributed by atoms with E-state index in [0.29, 0.717) is 11.3 Å². The maximum Gasteiger partial charge on any atom is 0.254 e. The topological polar surface area (TPSA) is 58.6 Å². The van der Waals surface area contributed by atoms with Crippen molar-refractivity contribution in [2.24, 2.45) is 0 Å². The van der Waals surface area contributed by atoms with Gasteiger partial charge in [0.2, 0.25) is 5.91 Å². The molecule has 0 saturated carbocycles. The Labute approximate surface area is 169 Å². The molecule has 2 amide bonds. The average Bonchev–Trinajstić information content (AvgIpc) is 2.77. The lowest BCUT2D eigenvalue weighted by atomic mass is 9.79. The molecule has 3 aromatic carbocycles. The number of hydrogen-bond donors (Lipinski definition) is 1. The van der Waals surface area contributed by atoms with Crippen molar-refractivity contribution in [1.29, 1.82) is 0 Å². The maximum absolute atomic E-state index is 13.4. The number of hydrogen-bond acceptors (Lipinski definition) is 3. The molecule has 0 spiro atoms. The number of carbonyl (C=O) groups excluding carboxylic acids is 2. The zero-order valence-electron chi connectivity index (χ0n) is 16.3. The van der Waals surface area contributed by atoms with Gasteiger partial charge in [0.05, 0.1) is 19.1 Å². The lowest BCUT2D eigenvalue weighted by molar-refractivity contribution is -0.119. The minimum atomic E-state index is -0.529. The number of methoxy groups -OCH3 is 1. The Bertz CT molecular complexity index is 1030. The van der Waals surface area contributed by atoms with Crippen LogP contribution in [0.25, 0.3) is 0 Å². The second-order valence-corrected chi connectivity index (χ2v) is 7.05. The number of likely N-dealkylation sites (N-methyl/N-ethyl adjacent to an activating group) is 1. The number of fused-ring (bicyclic) bond motifs is 1. The van der Waals surface area contributed by atoms with Crippen molar-refractivity contribution < 1.29 is 14.3 Å². The fraction of sp³-hybridized carbons (Fsp3) is 0.167. The summed E-state index contributed by atoms with van der Waals surface area (Å²) < 4.78 is 5.18. The zero-order chi connectivity index (χ0) is 20.4. The molecule has 1 aliphatic heterocycles. The molecule has 1 aliphatic rings. The molecule has 5 nitrogen and oxygen atoms in total. The first-order valence-electron chi connectivity index (χ1n) is 9.46. The minimum Gasteiger partial charge on any atom is -0.497 e. The molecular weight excluding hydrogens is 364 g/mol. The van der Waals surface area contributed by atoms with Gasteiger partial charge in [0, 0.05) is 18.3 Å². The average molecular weight is 386 g/mol. The molecule has 3 aromatic rings. The SMILES string of the molecule is COc1ccc(NC(=O)[C@@H]2c3ccccc3C(=O)N(C)[C@H]2c2ccccc2)cc1. The second kappa shape index (κ2) is 7.80. The highest BCUT2D eigenvalue weighted by atomic mass is 16.5. The van der Waals surface area contributed by atoms with Gasteiger partial charge in [-0.15, -0.1) is 0 Å². The number of rotatable bonds is 4. The molecule has 0 radical (unpaired) electrons. The van der Waals surface area contributed by atoms with E-state index in [1.54, 1.807) is 49.4 Å². The number of nitrogens with one attached hydrogen (secondary N) is 1. The molecule has 0 unspecified atom stereocenters. The van der Waals surface area contributed by atoms with Crippen molar-refractivity contribution in [3.05, 3.63) is 95.6 Å². The van der Waals surface area contributed by atoms with Crippen molar-refractivity contribution in [2.45, 2.75) is 12.0 Å². The Morgan fingerprint density at radius 1 is 0.931 bits per heavy atom. The van der Waals surface area contributed by atoms with Crippen molar-refractivity contribution in [1.82, 2.24) is 4.90 Å². The molecule has 1 heterocycles. The molecule has 0 aromatic heterocycles. The van der Waals surface area contributed by atoms with Gasteiger partial charge in [0.25, 0.3) is 5.91 Å². The van der Waals surface area contributed by atoms with E-state index < -0.39 is 12.0 Å². The first kappa shape index (κ1) is 18.7. The van der Waals surface area contributed by atoms with Crippen molar-refractivity contribution in [3.63, 3.8) is 0 Å². The summed E-state index contributed by atoms with van der Waals surface area (Å²) >= 11 is 0. The van der Waals surface area contributed by atoms with Gasteiger partial charge in [0.1, 0.15) is 5.75 Å². The first-order chi connectivity index (χ1) is 14.1. The van der Waals surface area contributed by atoms with Crippen LogP contribution in [0.4, 0.5) is 5.69 Å². The molecule has 0 aliphatic carbocycles. The van der Waals surface area contributed by atoms with E-state index in [1.807, 2.05) is 48.5 Å². The van der Waals surface area contributed by atoms with Crippen LogP contribution < -0.4 is 10.1 Å². The summed E-state index contributed by atoms with van der Waals surface area (Å²) in [5.74, 6) is -0.0457. The Balaban J connectivity index is 1.76. The van der Waals surface area contributed by atoms with Crippen LogP contribution in [0.2, 0.25) is 0 Å². The molecule has 4 rings (SSSR count). The highest BCUT2D eigenvalue weighted by molar-refractivity contribution is 6.04. The summed E-state index contributed by atoms with van der Waals surface area (Å²) in [6.45, 7) is 0. The van der Waals surface area contributed by atoms with Gasteiger partial charge < -0.3 is 15.0 Å². The standard InChI is InChI=1S/C24H22N2O3/c1-26-22(16-8-4-3-5-9-16)21(19-10-6-7-11-20(19)24(26)28)23(27)25-17-12-14-18(29-2)15-13-17/h3-15,21-22H,1-2H3,(H,25,27)/t21-,22+/m1/s1. The zero-order valence-corrected chi connectivity index (χ0v) is 16.3. The van der Waals surface area contributed by atoms with Crippen LogP contribution >= 0.6 is 0 Å². The second-order valence-electron chi connectivity index (χ2n) is 7.05. The van der Waals surface area contributed by atoms with Crippen molar-refractivity contribution in [3.8, 4) is 5.75 Å². The van der Waals surface area contributed by atoms with E-state index in [0.717, 1.165) is 16.9 Å². The molecule has 2 atom stereocenters. The fourth-order valence-corrected chi connectivity index (χ4v) is 3.92. The summed E-state index contributed by atoms with van der Waals surface area (Å²) in [7, 11) is 3.35. The molecule has 0 saturated heterocycles. The largest absolute Gasteiger partial charge is 0.497 e. The van der Waals surface area contributed by atoms with E-state index in [9.17, 15) is 9.59 Å². The Hall–Kier alpha value is -3.60. The lowest BCUT2D eigenvalue weighted by Gasteiger charge is -2.39. The van der Waals surface area contributed by atoms with Gasteiger partial charge >= 0.3 is 0 Å². The minimum absolute atomic E-state index is 0.0806. The number of nitrogens with zero attached hydrogens (tertiary/aromatic N) is 1. The summed E-state index contributed by atoms with van der Waals surface area (Å²) in [5, 5.41) is 3.01. The van der Waals surface area contributed by atoms with E-state index in [-0.39, 0.29) is 11.8 Å². The van der Waals surface area contributed by atoms with Crippen LogP contribution in [-0.2, 0) is 4.79 Å². The monoisotopic (exact) mass is 386 g/mol. The van der Waals surface area contributed by atoms with Crippen LogP contribution in [0, 0.1) is 0 Å². The predicted octanol–water partition coefficient (Wildman–Crippen LogP) is 4.24. The predicted molar refractivity (Wildman–Crippen MR) is 112 cm³/mol. The summed E-state index contributed by atoms with van der Waals surface area (Å²) in [6, 6.07) is 23.8. The van der Waals surface area contributed by atoms with E-state index in [2.05, 4.69) is 5.32 Å². The third-order valence-corrected chi connectivity index (χ3v) is 5.36. The number of amides is 2. The highest BCUT2D eigenvalue weighted by Gasteiger charge is 2.42. The lowest BCUT2D eigenvalue weighted by Crippen LogP contribution is -2.44. The third kappa shape index (κ3) is 3.47. The van der Waals surface area contributed by atoms with Crippen LogP contribution in [0.3, 0.4) is 0 Å². The van der Waals surface area contributed by atoms with Crippen LogP contribution in [-0.4, -0.2) is 30.9 Å². The molecule has 146 valence electrons. The Morgan fingerprint density at radius 3 is 2.28 bits per heavy atom. The van der Waals surface area contributed by atoms with Gasteiger partial charge in [-0.25, -0.2) is 0 Å². The number of anilines is 1. The summed E-state index contributed by atoms with van der Waals surface area (Å²) in [4.78, 5) is 28.1. The van der Waals surface area contributed by atoms with Crippen LogP contribution in [0.5, 0.6) is 5.75 Å². The van der Waals surface area contributed by atoms with Gasteiger partial charge in [-0.1, -0.05) is 48.5 Å². The normalized spacial score (nSPS) is 18.1. The summed E-state index contributed by atoms with van der Waals surface area (Å²) in [5.41, 5.74) is 2.92. The van der Waals surface area contributed by atoms with E-state index >= 15 is 0 Å². The van der Waals surface area contributed by atoms with E-state index in [1.165, 1.54) is 0 Å². The Kier molecular flexibility index (Phi) is 5.04. The van der Waals surface area contributed by atoms with Gasteiger partial charge in [0.15, 0.2) is 0 Å². The fourth-order valence-electron chi connectivity index (χ4n) is 3.92.